The predicted octanol–water partition coefficient (Wildman–Crippen LogP) is 2.80. The van der Waals surface area contributed by atoms with Crippen LogP contribution in [-0.4, -0.2) is 29.3 Å². The normalized spacial score (nSPS) is 10.9. The minimum absolute atomic E-state index is 0.0276. The average Bonchev–Trinajstić information content (AvgIpc) is 2.59. The van der Waals surface area contributed by atoms with E-state index in [1.54, 1.807) is 6.92 Å². The van der Waals surface area contributed by atoms with E-state index in [4.69, 9.17) is 9.47 Å². The molecule has 1 aromatic carbocycles. The van der Waals surface area contributed by atoms with Crippen molar-refractivity contribution in [2.75, 3.05) is 6.61 Å². The summed E-state index contributed by atoms with van der Waals surface area (Å²) in [6.45, 7) is 3.55. The number of rotatable bonds is 9. The summed E-state index contributed by atoms with van der Waals surface area (Å²) < 4.78 is 9.79. The van der Waals surface area contributed by atoms with Gasteiger partial charge in [-0.15, -0.1) is 0 Å². The molecule has 0 aromatic heterocycles. The fourth-order valence-corrected chi connectivity index (χ4v) is 1.73. The van der Waals surface area contributed by atoms with Gasteiger partial charge in [0.25, 0.3) is 5.69 Å². The van der Waals surface area contributed by atoms with Gasteiger partial charge in [-0.05, 0) is 18.1 Å². The van der Waals surface area contributed by atoms with Crippen LogP contribution < -0.4 is 0 Å². The van der Waals surface area contributed by atoms with Crippen molar-refractivity contribution in [1.29, 1.82) is 0 Å². The first-order valence-electron chi connectivity index (χ1n) is 7.73. The van der Waals surface area contributed by atoms with Gasteiger partial charge in [-0.1, -0.05) is 26.0 Å². The van der Waals surface area contributed by atoms with E-state index in [2.05, 4.69) is 0 Å². The number of Topliss-reactive ketones (excluding diaryl/α,β-unsaturated/α-hetero) is 1. The second kappa shape index (κ2) is 9.96. The molecule has 0 aliphatic carbocycles. The molecule has 134 valence electrons. The highest BCUT2D eigenvalue weighted by Crippen LogP contribution is 2.17. The molecule has 1 aromatic rings. The van der Waals surface area contributed by atoms with Crippen LogP contribution in [0.15, 0.2) is 30.0 Å². The summed E-state index contributed by atoms with van der Waals surface area (Å²) in [5.41, 5.74) is 0.119. The Bertz CT molecular complexity index is 694. The lowest BCUT2D eigenvalue weighted by Gasteiger charge is -2.08. The molecule has 8 heteroatoms. The summed E-state index contributed by atoms with van der Waals surface area (Å²) in [6, 6.07) is 5.46. The zero-order valence-electron chi connectivity index (χ0n) is 14.0. The lowest BCUT2D eigenvalue weighted by molar-refractivity contribution is -0.384. The van der Waals surface area contributed by atoms with Crippen LogP contribution in [0.25, 0.3) is 6.08 Å². The number of nitro groups is 1. The molecule has 0 N–H and O–H groups in total. The number of nitro benzene ring substituents is 1. The maximum atomic E-state index is 12.2. The summed E-state index contributed by atoms with van der Waals surface area (Å²) in [7, 11) is 0. The molecule has 1 rings (SSSR count). The monoisotopic (exact) mass is 349 g/mol. The number of hydrogen-bond acceptors (Lipinski definition) is 7. The van der Waals surface area contributed by atoms with Crippen LogP contribution >= 0.6 is 0 Å². The molecule has 25 heavy (non-hydrogen) atoms. The van der Waals surface area contributed by atoms with Crippen LogP contribution in [0.4, 0.5) is 5.69 Å². The molecule has 0 amide bonds. The highest BCUT2D eigenvalue weighted by molar-refractivity contribution is 6.07. The van der Waals surface area contributed by atoms with Gasteiger partial charge in [-0.3, -0.25) is 24.5 Å². The minimum Gasteiger partial charge on any atom is -0.465 e. The van der Waals surface area contributed by atoms with E-state index in [0.29, 0.717) is 12.0 Å². The highest BCUT2D eigenvalue weighted by Gasteiger charge is 2.19. The Balaban J connectivity index is 3.04. The topological polar surface area (TPSA) is 113 Å². The molecule has 0 unspecified atom stereocenters. The molecule has 0 saturated carbocycles. The van der Waals surface area contributed by atoms with Crippen molar-refractivity contribution in [1.82, 2.24) is 0 Å². The molecule has 0 aliphatic rings. The van der Waals surface area contributed by atoms with Gasteiger partial charge >= 0.3 is 11.9 Å². The van der Waals surface area contributed by atoms with Crippen LogP contribution in [0, 0.1) is 10.1 Å². The molecular weight excluding hydrogens is 330 g/mol. The third-order valence-corrected chi connectivity index (χ3v) is 2.94. The second-order valence-corrected chi connectivity index (χ2v) is 5.01. The van der Waals surface area contributed by atoms with E-state index in [9.17, 15) is 24.5 Å². The number of non-ortho nitro benzene ring substituents is 1. The first kappa shape index (κ1) is 20.0. The fourth-order valence-electron chi connectivity index (χ4n) is 1.73. The Morgan fingerprint density at radius 1 is 1.20 bits per heavy atom. The number of benzene rings is 1. The molecule has 8 nitrogen and oxygen atoms in total. The van der Waals surface area contributed by atoms with Gasteiger partial charge < -0.3 is 9.47 Å². The van der Waals surface area contributed by atoms with E-state index in [1.807, 2.05) is 6.92 Å². The first-order valence-corrected chi connectivity index (χ1v) is 7.73. The van der Waals surface area contributed by atoms with Crippen molar-refractivity contribution >= 4 is 29.5 Å². The number of ether oxygens (including phenoxy) is 2. The Hall–Kier alpha value is -3.03. The Labute approximate surface area is 144 Å². The molecule has 0 heterocycles. The number of esters is 2. The SMILES string of the molecule is CCCOC(=O)CC(=O)C(=Cc1cccc([N+](=O)[O-])c1)OC(=O)CC. The maximum absolute atomic E-state index is 12.2. The number of carbonyl (C=O) groups is 3. The molecule has 0 aliphatic heterocycles. The smallest absolute Gasteiger partial charge is 0.313 e. The van der Waals surface area contributed by atoms with E-state index in [1.165, 1.54) is 30.3 Å². The van der Waals surface area contributed by atoms with Crippen molar-refractivity contribution in [2.45, 2.75) is 33.1 Å². The van der Waals surface area contributed by atoms with Crippen LogP contribution in [0.5, 0.6) is 0 Å². The van der Waals surface area contributed by atoms with Crippen molar-refractivity contribution in [2.24, 2.45) is 0 Å². The summed E-state index contributed by atoms with van der Waals surface area (Å²) in [5.74, 6) is -2.49. The first-order chi connectivity index (χ1) is 11.9. The number of hydrogen-bond donors (Lipinski definition) is 0. The molecule has 0 saturated heterocycles. The third-order valence-electron chi connectivity index (χ3n) is 2.94. The Morgan fingerprint density at radius 2 is 1.92 bits per heavy atom. The Kier molecular flexibility index (Phi) is 7.98. The van der Waals surface area contributed by atoms with Crippen molar-refractivity contribution in [3.8, 4) is 0 Å². The van der Waals surface area contributed by atoms with E-state index >= 15 is 0 Å². The fraction of sp³-hybridized carbons (Fsp3) is 0.353. The summed E-state index contributed by atoms with van der Waals surface area (Å²) >= 11 is 0. The van der Waals surface area contributed by atoms with Crippen LogP contribution in [0.3, 0.4) is 0 Å². The standard InChI is InChI=1S/C17H19NO7/c1-3-8-24-17(21)11-14(19)15(25-16(20)4-2)10-12-6-5-7-13(9-12)18(22)23/h5-7,9-10H,3-4,8,11H2,1-2H3. The maximum Gasteiger partial charge on any atom is 0.313 e. The molecular formula is C17H19NO7. The molecule has 0 spiro atoms. The third kappa shape index (κ3) is 6.94. The van der Waals surface area contributed by atoms with E-state index in [-0.39, 0.29) is 24.5 Å². The average molecular weight is 349 g/mol. The molecule has 0 fully saturated rings. The zero-order chi connectivity index (χ0) is 18.8. The van der Waals surface area contributed by atoms with Crippen LogP contribution in [0.2, 0.25) is 0 Å². The molecule has 0 atom stereocenters. The molecule has 0 bridgehead atoms. The van der Waals surface area contributed by atoms with Crippen molar-refractivity contribution in [3.63, 3.8) is 0 Å². The van der Waals surface area contributed by atoms with Crippen molar-refractivity contribution < 1.29 is 28.8 Å². The second-order valence-electron chi connectivity index (χ2n) is 5.01. The van der Waals surface area contributed by atoms with Crippen LogP contribution in [-0.2, 0) is 23.9 Å². The van der Waals surface area contributed by atoms with Crippen molar-refractivity contribution in [3.05, 3.63) is 45.7 Å². The lowest BCUT2D eigenvalue weighted by Crippen LogP contribution is -2.17. The van der Waals surface area contributed by atoms with Gasteiger partial charge in [0.05, 0.1) is 11.5 Å². The summed E-state index contributed by atoms with van der Waals surface area (Å²) in [6.07, 6.45) is 1.24. The van der Waals surface area contributed by atoms with Gasteiger partial charge in [0.2, 0.25) is 5.78 Å². The number of nitrogens with zero attached hydrogens (tertiary/aromatic N) is 1. The number of allylic oxidation sites excluding steroid dienone is 1. The lowest BCUT2D eigenvalue weighted by atomic mass is 10.1. The van der Waals surface area contributed by atoms with Gasteiger partial charge in [0, 0.05) is 18.6 Å². The summed E-state index contributed by atoms with van der Waals surface area (Å²) in [5, 5.41) is 10.8. The van der Waals surface area contributed by atoms with Gasteiger partial charge in [-0.25, -0.2) is 0 Å². The van der Waals surface area contributed by atoms with Crippen LogP contribution in [0.1, 0.15) is 38.7 Å². The van der Waals surface area contributed by atoms with E-state index in [0.717, 1.165) is 0 Å². The largest absolute Gasteiger partial charge is 0.465 e. The quantitative estimate of drug-likeness (QED) is 0.168. The minimum atomic E-state index is -0.741. The number of carbonyl (C=O) groups excluding carboxylic acids is 3. The van der Waals surface area contributed by atoms with Gasteiger partial charge in [-0.2, -0.15) is 0 Å². The zero-order valence-corrected chi connectivity index (χ0v) is 14.0. The van der Waals surface area contributed by atoms with Gasteiger partial charge in [0.15, 0.2) is 5.76 Å². The summed E-state index contributed by atoms with van der Waals surface area (Å²) in [4.78, 5) is 45.5. The molecule has 0 radical (unpaired) electrons. The van der Waals surface area contributed by atoms with Gasteiger partial charge in [0.1, 0.15) is 6.42 Å². The predicted molar refractivity (Wildman–Crippen MR) is 88.3 cm³/mol. The number of ketones is 1. The van der Waals surface area contributed by atoms with E-state index < -0.39 is 29.1 Å². The highest BCUT2D eigenvalue weighted by atomic mass is 16.6. The Morgan fingerprint density at radius 3 is 2.52 bits per heavy atom.